The highest BCUT2D eigenvalue weighted by Crippen LogP contribution is 2.37. The number of carboxylic acid groups (broad SMARTS) is 1. The van der Waals surface area contributed by atoms with Crippen molar-refractivity contribution in [3.8, 4) is 11.1 Å². The first-order valence-corrected chi connectivity index (χ1v) is 10.6. The summed E-state index contributed by atoms with van der Waals surface area (Å²) in [5, 5.41) is 11.8. The summed E-state index contributed by atoms with van der Waals surface area (Å²) < 4.78 is 2.15. The van der Waals surface area contributed by atoms with Gasteiger partial charge in [-0.25, -0.2) is 14.8 Å². The van der Waals surface area contributed by atoms with Crippen LogP contribution in [-0.4, -0.2) is 49.5 Å². The summed E-state index contributed by atoms with van der Waals surface area (Å²) in [6.07, 6.45) is 5.22. The van der Waals surface area contributed by atoms with Gasteiger partial charge < -0.3 is 20.3 Å². The maximum atomic E-state index is 11.7. The average molecular weight is 429 g/mol. The number of carbonyl (C=O) groups excluding carboxylic acids is 1. The molecule has 8 nitrogen and oxygen atoms in total. The molecule has 1 saturated heterocycles. The molecule has 1 amide bonds. The van der Waals surface area contributed by atoms with Crippen molar-refractivity contribution in [1.82, 2.24) is 19.4 Å². The number of likely N-dealkylation sites (tertiary alicyclic amines) is 1. The molecule has 2 aromatic heterocycles. The first kappa shape index (κ1) is 20.0. The number of nitrogens with two attached hydrogens (primary N) is 1. The van der Waals surface area contributed by atoms with Gasteiger partial charge in [-0.3, -0.25) is 4.79 Å². The van der Waals surface area contributed by atoms with Crippen LogP contribution in [0.5, 0.6) is 0 Å². The van der Waals surface area contributed by atoms with Crippen molar-refractivity contribution in [3.63, 3.8) is 0 Å². The Morgan fingerprint density at radius 1 is 1.12 bits per heavy atom. The van der Waals surface area contributed by atoms with Gasteiger partial charge in [0.25, 0.3) is 0 Å². The van der Waals surface area contributed by atoms with Crippen LogP contribution in [0.2, 0.25) is 0 Å². The lowest BCUT2D eigenvalue weighted by molar-refractivity contribution is -0.130. The van der Waals surface area contributed by atoms with Crippen LogP contribution >= 0.6 is 0 Å². The van der Waals surface area contributed by atoms with Gasteiger partial charge in [-0.05, 0) is 41.3 Å². The Kier molecular flexibility index (Phi) is 4.77. The topological polar surface area (TPSA) is 114 Å². The van der Waals surface area contributed by atoms with Crippen LogP contribution in [0.15, 0.2) is 48.9 Å². The summed E-state index contributed by atoms with van der Waals surface area (Å²) in [5.41, 5.74) is 9.16. The smallest absolute Gasteiger partial charge is 0.336 e. The molecular weight excluding hydrogens is 406 g/mol. The molecule has 162 valence electrons. The van der Waals surface area contributed by atoms with Crippen molar-refractivity contribution in [2.24, 2.45) is 0 Å². The third kappa shape index (κ3) is 3.24. The third-order valence-corrected chi connectivity index (χ3v) is 6.36. The number of carbonyl (C=O) groups is 2. The second-order valence-electron chi connectivity index (χ2n) is 8.19. The van der Waals surface area contributed by atoms with E-state index in [4.69, 9.17) is 5.73 Å². The van der Waals surface area contributed by atoms with E-state index < -0.39 is 5.97 Å². The highest BCUT2D eigenvalue weighted by molar-refractivity contribution is 6.06. The van der Waals surface area contributed by atoms with E-state index in [0.717, 1.165) is 40.4 Å². The fourth-order valence-corrected chi connectivity index (χ4v) is 4.70. The van der Waals surface area contributed by atoms with Crippen LogP contribution in [0, 0.1) is 0 Å². The van der Waals surface area contributed by atoms with Crippen molar-refractivity contribution in [2.45, 2.75) is 25.8 Å². The molecule has 0 aliphatic carbocycles. The van der Waals surface area contributed by atoms with Gasteiger partial charge in [-0.2, -0.15) is 0 Å². The highest BCUT2D eigenvalue weighted by atomic mass is 16.4. The Bertz CT molecular complexity index is 1370. The van der Waals surface area contributed by atoms with E-state index >= 15 is 0 Å². The summed E-state index contributed by atoms with van der Waals surface area (Å²) in [4.78, 5) is 33.9. The number of benzene rings is 2. The van der Waals surface area contributed by atoms with E-state index in [9.17, 15) is 14.7 Å². The Labute approximate surface area is 184 Å². The minimum absolute atomic E-state index is 0.102. The van der Waals surface area contributed by atoms with Crippen molar-refractivity contribution in [1.29, 1.82) is 0 Å². The molecule has 0 spiro atoms. The van der Waals surface area contributed by atoms with Gasteiger partial charge in [0.2, 0.25) is 5.91 Å². The molecule has 4 aromatic rings. The monoisotopic (exact) mass is 429 g/mol. The molecule has 1 aliphatic heterocycles. The lowest BCUT2D eigenvalue weighted by Crippen LogP contribution is -2.37. The van der Waals surface area contributed by atoms with Crippen LogP contribution < -0.4 is 5.73 Å². The van der Waals surface area contributed by atoms with E-state index in [1.165, 1.54) is 6.33 Å². The van der Waals surface area contributed by atoms with E-state index in [1.807, 2.05) is 29.2 Å². The summed E-state index contributed by atoms with van der Waals surface area (Å²) in [5.74, 6) is -0.441. The molecule has 2 aromatic carbocycles. The molecule has 0 radical (unpaired) electrons. The number of hydrogen-bond acceptors (Lipinski definition) is 5. The number of nitrogen functional groups attached to an aromatic ring is 1. The van der Waals surface area contributed by atoms with Gasteiger partial charge in [0.05, 0.1) is 10.9 Å². The lowest BCUT2D eigenvalue weighted by atomic mass is 9.98. The number of hydrogen-bond donors (Lipinski definition) is 2. The van der Waals surface area contributed by atoms with Crippen LogP contribution in [-0.2, 0) is 4.79 Å². The summed E-state index contributed by atoms with van der Waals surface area (Å²) in [6, 6.07) is 11.2. The Morgan fingerprint density at radius 2 is 1.91 bits per heavy atom. The first-order chi connectivity index (χ1) is 15.4. The van der Waals surface area contributed by atoms with E-state index in [2.05, 4.69) is 20.7 Å². The van der Waals surface area contributed by atoms with Crippen LogP contribution in [0.3, 0.4) is 0 Å². The molecule has 0 atom stereocenters. The highest BCUT2D eigenvalue weighted by Gasteiger charge is 2.25. The number of nitrogens with zero attached hydrogens (tertiary/aromatic N) is 4. The van der Waals surface area contributed by atoms with Crippen molar-refractivity contribution < 1.29 is 14.7 Å². The SMILES string of the molecule is CC(=O)N1CCC(n2cc(-c3ccc4c(C(=O)O)cccc4c3)c3c(N)ncnc32)CC1. The van der Waals surface area contributed by atoms with Crippen LogP contribution in [0.4, 0.5) is 5.82 Å². The molecule has 0 unspecified atom stereocenters. The molecule has 8 heteroatoms. The van der Waals surface area contributed by atoms with Gasteiger partial charge in [0.15, 0.2) is 0 Å². The summed E-state index contributed by atoms with van der Waals surface area (Å²) in [7, 11) is 0. The molecule has 0 bridgehead atoms. The quantitative estimate of drug-likeness (QED) is 0.513. The zero-order valence-electron chi connectivity index (χ0n) is 17.7. The number of piperidine rings is 1. The predicted molar refractivity (Wildman–Crippen MR) is 122 cm³/mol. The van der Waals surface area contributed by atoms with Crippen molar-refractivity contribution in [2.75, 3.05) is 18.8 Å². The Hall–Kier alpha value is -3.94. The number of aromatic carboxylic acids is 1. The van der Waals surface area contributed by atoms with E-state index in [-0.39, 0.29) is 17.5 Å². The Morgan fingerprint density at radius 3 is 2.62 bits per heavy atom. The third-order valence-electron chi connectivity index (χ3n) is 6.36. The fraction of sp³-hybridized carbons (Fsp3) is 0.250. The van der Waals surface area contributed by atoms with E-state index in [0.29, 0.717) is 24.3 Å². The molecule has 5 rings (SSSR count). The normalized spacial score (nSPS) is 14.8. The molecule has 1 aliphatic rings. The van der Waals surface area contributed by atoms with Crippen molar-refractivity contribution >= 4 is 39.5 Å². The first-order valence-electron chi connectivity index (χ1n) is 10.6. The maximum absolute atomic E-state index is 11.7. The van der Waals surface area contributed by atoms with E-state index in [1.54, 1.807) is 19.1 Å². The van der Waals surface area contributed by atoms with Gasteiger partial charge >= 0.3 is 5.97 Å². The molecule has 3 N–H and O–H groups in total. The zero-order valence-corrected chi connectivity index (χ0v) is 17.7. The average Bonchev–Trinajstić information content (AvgIpc) is 3.19. The largest absolute Gasteiger partial charge is 0.478 e. The van der Waals surface area contributed by atoms with Crippen LogP contribution in [0.25, 0.3) is 32.9 Å². The number of fused-ring (bicyclic) bond motifs is 2. The van der Waals surface area contributed by atoms with Gasteiger partial charge in [-0.15, -0.1) is 0 Å². The molecule has 1 fully saturated rings. The van der Waals surface area contributed by atoms with Crippen LogP contribution in [0.1, 0.15) is 36.2 Å². The summed E-state index contributed by atoms with van der Waals surface area (Å²) in [6.45, 7) is 3.03. The van der Waals surface area contributed by atoms with Gasteiger partial charge in [0, 0.05) is 37.8 Å². The molecule has 3 heterocycles. The fourth-order valence-electron chi connectivity index (χ4n) is 4.70. The molecule has 0 saturated carbocycles. The maximum Gasteiger partial charge on any atom is 0.336 e. The number of anilines is 1. The minimum atomic E-state index is -0.950. The lowest BCUT2D eigenvalue weighted by Gasteiger charge is -2.32. The van der Waals surface area contributed by atoms with Gasteiger partial charge in [0.1, 0.15) is 17.8 Å². The standard InChI is InChI=1S/C24H23N5O3/c1-14(30)28-9-7-17(8-10-28)29-12-20(21-22(25)26-13-27-23(21)29)16-5-6-18-15(11-16)3-2-4-19(18)24(31)32/h2-6,11-13,17H,7-10H2,1H3,(H,31,32)(H2,25,26,27). The van der Waals surface area contributed by atoms with Gasteiger partial charge in [-0.1, -0.05) is 24.3 Å². The summed E-state index contributed by atoms with van der Waals surface area (Å²) >= 11 is 0. The zero-order chi connectivity index (χ0) is 22.4. The number of aromatic nitrogens is 3. The second-order valence-corrected chi connectivity index (χ2v) is 8.19. The molecular formula is C24H23N5O3. The number of carboxylic acids is 1. The second kappa shape index (κ2) is 7.64. The molecule has 32 heavy (non-hydrogen) atoms. The number of rotatable bonds is 3. The Balaban J connectivity index is 1.62. The minimum Gasteiger partial charge on any atom is -0.478 e. The van der Waals surface area contributed by atoms with Crippen molar-refractivity contribution in [3.05, 3.63) is 54.5 Å². The number of amides is 1. The predicted octanol–water partition coefficient (Wildman–Crippen LogP) is 3.72.